The molecule has 2 fully saturated rings. The largest absolute Gasteiger partial charge is 0.370 e. The molecular formula is C25H33Cl3N4O4S. The molecule has 3 heterocycles. The van der Waals surface area contributed by atoms with Gasteiger partial charge in [-0.25, -0.2) is 8.42 Å². The number of rotatable bonds is 9. The Hall–Kier alpha value is -1.33. The number of piperazine rings is 1. The second-order valence-corrected chi connectivity index (χ2v) is 12.7. The van der Waals surface area contributed by atoms with Gasteiger partial charge in [-0.1, -0.05) is 34.8 Å². The van der Waals surface area contributed by atoms with Crippen LogP contribution in [0.25, 0.3) is 0 Å². The van der Waals surface area contributed by atoms with E-state index in [1.54, 1.807) is 0 Å². The standard InChI is InChI=1S/C25H33Cl3N4O4S/c1-18-5-6-19(2)31(18)13-10-29-8-11-30(12-9-29)24(33)17-36-16-21-4-3-7-32(21)37(34,35)25-22(27)14-20(26)15-23(25)28/h5-6,14-15,21H,3-4,7-13,16-17H2,1-2H3. The summed E-state index contributed by atoms with van der Waals surface area (Å²) in [6.45, 7) is 9.47. The Bertz CT molecular complexity index is 1190. The SMILES string of the molecule is Cc1ccc(C)n1CCN1CCN(C(=O)COCC2CCCN2S(=O)(=O)c2c(Cl)cc(Cl)cc2Cl)CC1. The third kappa shape index (κ3) is 6.64. The van der Waals surface area contributed by atoms with Gasteiger partial charge >= 0.3 is 0 Å². The van der Waals surface area contributed by atoms with Crippen molar-refractivity contribution in [2.75, 3.05) is 52.5 Å². The number of aryl methyl sites for hydroxylation is 2. The molecular weight excluding hydrogens is 559 g/mol. The van der Waals surface area contributed by atoms with E-state index >= 15 is 0 Å². The van der Waals surface area contributed by atoms with Gasteiger partial charge in [-0.2, -0.15) is 4.31 Å². The Morgan fingerprint density at radius 3 is 2.22 bits per heavy atom. The Morgan fingerprint density at radius 1 is 0.973 bits per heavy atom. The molecule has 0 spiro atoms. The van der Waals surface area contributed by atoms with E-state index in [0.29, 0.717) is 32.5 Å². The highest BCUT2D eigenvalue weighted by atomic mass is 35.5. The highest BCUT2D eigenvalue weighted by molar-refractivity contribution is 7.89. The number of halogens is 3. The molecule has 2 aliphatic heterocycles. The van der Waals surface area contributed by atoms with E-state index < -0.39 is 16.1 Å². The summed E-state index contributed by atoms with van der Waals surface area (Å²) in [5, 5.41) is 0.231. The van der Waals surface area contributed by atoms with Crippen LogP contribution in [0.2, 0.25) is 15.1 Å². The van der Waals surface area contributed by atoms with E-state index in [2.05, 4.69) is 35.4 Å². The second-order valence-electron chi connectivity index (χ2n) is 9.62. The van der Waals surface area contributed by atoms with E-state index in [0.717, 1.165) is 26.2 Å². The van der Waals surface area contributed by atoms with Crippen LogP contribution in [0.3, 0.4) is 0 Å². The fraction of sp³-hybridized carbons (Fsp3) is 0.560. The molecule has 0 radical (unpaired) electrons. The summed E-state index contributed by atoms with van der Waals surface area (Å²) in [5.41, 5.74) is 2.52. The summed E-state index contributed by atoms with van der Waals surface area (Å²) >= 11 is 18.3. The van der Waals surface area contributed by atoms with Gasteiger partial charge in [0.15, 0.2) is 0 Å². The number of carbonyl (C=O) groups is 1. The maximum Gasteiger partial charge on any atom is 0.248 e. The van der Waals surface area contributed by atoms with Crippen LogP contribution in [0.5, 0.6) is 0 Å². The number of ether oxygens (including phenoxy) is 1. The third-order valence-corrected chi connectivity index (χ3v) is 10.3. The molecule has 4 rings (SSSR count). The van der Waals surface area contributed by atoms with Crippen molar-refractivity contribution in [1.29, 1.82) is 0 Å². The van der Waals surface area contributed by atoms with E-state index in [-0.39, 0.29) is 39.1 Å². The van der Waals surface area contributed by atoms with Gasteiger partial charge < -0.3 is 14.2 Å². The first kappa shape index (κ1) is 28.7. The van der Waals surface area contributed by atoms with Crippen LogP contribution in [-0.4, -0.2) is 91.5 Å². The number of carbonyl (C=O) groups excluding carboxylic acids is 1. The van der Waals surface area contributed by atoms with Gasteiger partial charge in [-0.3, -0.25) is 9.69 Å². The monoisotopic (exact) mass is 590 g/mol. The minimum Gasteiger partial charge on any atom is -0.370 e. The number of nitrogens with zero attached hydrogens (tertiary/aromatic N) is 4. The number of aromatic nitrogens is 1. The molecule has 1 unspecified atom stereocenters. The smallest absolute Gasteiger partial charge is 0.248 e. The molecule has 0 aliphatic carbocycles. The average Bonchev–Trinajstić information content (AvgIpc) is 3.44. The summed E-state index contributed by atoms with van der Waals surface area (Å²) in [6.07, 6.45) is 1.32. The number of sulfonamides is 1. The highest BCUT2D eigenvalue weighted by Crippen LogP contribution is 2.37. The summed E-state index contributed by atoms with van der Waals surface area (Å²) in [5.74, 6) is -0.0760. The molecule has 1 atom stereocenters. The van der Waals surface area contributed by atoms with Crippen LogP contribution in [0.4, 0.5) is 0 Å². The molecule has 12 heteroatoms. The van der Waals surface area contributed by atoms with Crippen molar-refractivity contribution in [3.63, 3.8) is 0 Å². The minimum atomic E-state index is -3.94. The average molecular weight is 592 g/mol. The van der Waals surface area contributed by atoms with Crippen molar-refractivity contribution in [3.05, 3.63) is 50.7 Å². The molecule has 1 aromatic carbocycles. The van der Waals surface area contributed by atoms with Gasteiger partial charge in [-0.05, 0) is 51.0 Å². The zero-order valence-electron chi connectivity index (χ0n) is 21.1. The lowest BCUT2D eigenvalue weighted by molar-refractivity contribution is -0.138. The van der Waals surface area contributed by atoms with Gasteiger partial charge in [0.2, 0.25) is 15.9 Å². The van der Waals surface area contributed by atoms with Gasteiger partial charge in [0.05, 0.1) is 16.7 Å². The summed E-state index contributed by atoms with van der Waals surface area (Å²) < 4.78 is 36.0. The van der Waals surface area contributed by atoms with E-state index in [1.807, 2.05) is 4.90 Å². The van der Waals surface area contributed by atoms with Crippen molar-refractivity contribution in [2.24, 2.45) is 0 Å². The second kappa shape index (κ2) is 12.2. The fourth-order valence-electron chi connectivity index (χ4n) is 5.07. The molecule has 2 saturated heterocycles. The Kier molecular flexibility index (Phi) is 9.48. The molecule has 37 heavy (non-hydrogen) atoms. The Balaban J connectivity index is 1.24. The lowest BCUT2D eigenvalue weighted by Crippen LogP contribution is -2.50. The zero-order valence-corrected chi connectivity index (χ0v) is 24.2. The van der Waals surface area contributed by atoms with Crippen LogP contribution in [0, 0.1) is 13.8 Å². The molecule has 204 valence electrons. The van der Waals surface area contributed by atoms with E-state index in [9.17, 15) is 13.2 Å². The quantitative estimate of drug-likeness (QED) is 0.439. The number of benzene rings is 1. The van der Waals surface area contributed by atoms with E-state index in [4.69, 9.17) is 39.5 Å². The first-order valence-corrected chi connectivity index (χ1v) is 15.0. The van der Waals surface area contributed by atoms with E-state index in [1.165, 1.54) is 27.8 Å². The summed E-state index contributed by atoms with van der Waals surface area (Å²) in [7, 11) is -3.94. The predicted octanol–water partition coefficient (Wildman–Crippen LogP) is 4.08. The normalized spacial score (nSPS) is 19.6. The van der Waals surface area contributed by atoms with Crippen molar-refractivity contribution in [3.8, 4) is 0 Å². The van der Waals surface area contributed by atoms with Gasteiger partial charge in [0.1, 0.15) is 11.5 Å². The maximum atomic E-state index is 13.3. The van der Waals surface area contributed by atoms with Gasteiger partial charge in [0.25, 0.3) is 0 Å². The fourth-order valence-corrected chi connectivity index (χ4v) is 8.25. The number of amides is 1. The summed E-state index contributed by atoms with van der Waals surface area (Å²) in [6, 6.07) is 6.61. The van der Waals surface area contributed by atoms with Crippen molar-refractivity contribution >= 4 is 50.7 Å². The first-order chi connectivity index (χ1) is 17.6. The summed E-state index contributed by atoms with van der Waals surface area (Å²) in [4.78, 5) is 16.8. The zero-order chi connectivity index (χ0) is 26.7. The molecule has 0 saturated carbocycles. The molecule has 2 aromatic rings. The van der Waals surface area contributed by atoms with Crippen molar-refractivity contribution in [2.45, 2.75) is 44.2 Å². The van der Waals surface area contributed by atoms with Crippen LogP contribution < -0.4 is 0 Å². The molecule has 1 aromatic heterocycles. The van der Waals surface area contributed by atoms with Gasteiger partial charge in [0, 0.05) is 68.3 Å². The minimum absolute atomic E-state index is 0.0167. The van der Waals surface area contributed by atoms with Crippen LogP contribution in [0.15, 0.2) is 29.2 Å². The van der Waals surface area contributed by atoms with Crippen LogP contribution >= 0.6 is 34.8 Å². The molecule has 0 N–H and O–H groups in total. The van der Waals surface area contributed by atoms with Crippen LogP contribution in [0.1, 0.15) is 24.2 Å². The Labute approximate surface area is 234 Å². The topological polar surface area (TPSA) is 75.1 Å². The number of hydrogen-bond donors (Lipinski definition) is 0. The Morgan fingerprint density at radius 2 is 1.59 bits per heavy atom. The molecule has 2 aliphatic rings. The highest BCUT2D eigenvalue weighted by Gasteiger charge is 2.38. The predicted molar refractivity (Wildman–Crippen MR) is 146 cm³/mol. The molecule has 8 nitrogen and oxygen atoms in total. The van der Waals surface area contributed by atoms with Crippen molar-refractivity contribution < 1.29 is 17.9 Å². The maximum absolute atomic E-state index is 13.3. The van der Waals surface area contributed by atoms with Crippen molar-refractivity contribution in [1.82, 2.24) is 18.7 Å². The molecule has 0 bridgehead atoms. The third-order valence-electron chi connectivity index (χ3n) is 7.17. The lowest BCUT2D eigenvalue weighted by atomic mass is 10.2. The molecule has 1 amide bonds. The number of hydrogen-bond acceptors (Lipinski definition) is 5. The lowest BCUT2D eigenvalue weighted by Gasteiger charge is -2.35. The first-order valence-electron chi connectivity index (χ1n) is 12.4. The van der Waals surface area contributed by atoms with Gasteiger partial charge in [-0.15, -0.1) is 0 Å². The van der Waals surface area contributed by atoms with Crippen LogP contribution in [-0.2, 0) is 26.1 Å².